The summed E-state index contributed by atoms with van der Waals surface area (Å²) in [6.07, 6.45) is 0. The van der Waals surface area contributed by atoms with Crippen molar-refractivity contribution in [1.82, 2.24) is 4.57 Å². The van der Waals surface area contributed by atoms with Crippen LogP contribution in [0.2, 0.25) is 0 Å². The van der Waals surface area contributed by atoms with Crippen molar-refractivity contribution < 1.29 is 0 Å². The highest BCUT2D eigenvalue weighted by Crippen LogP contribution is 2.49. The largest absolute Gasteiger partial charge is 0.309 e. The number of benzene rings is 12. The number of fused-ring (bicyclic) bond motifs is 5. The van der Waals surface area contributed by atoms with Crippen LogP contribution in [0.5, 0.6) is 0 Å². The van der Waals surface area contributed by atoms with Gasteiger partial charge in [-0.15, -0.1) is 0 Å². The first-order chi connectivity index (χ1) is 28.3. The lowest BCUT2D eigenvalue weighted by Gasteiger charge is -2.20. The molecule has 0 bridgehead atoms. The lowest BCUT2D eigenvalue weighted by atomic mass is 9.84. The summed E-state index contributed by atoms with van der Waals surface area (Å²) in [6, 6.07) is 74.6. The normalized spacial score (nSPS) is 12.2. The highest BCUT2D eigenvalue weighted by Gasteiger charge is 2.24. The maximum atomic E-state index is 2.54. The van der Waals surface area contributed by atoms with Gasteiger partial charge in [0, 0.05) is 27.2 Å². The molecule has 13 rings (SSSR count). The van der Waals surface area contributed by atoms with E-state index in [1.165, 1.54) is 120 Å². The smallest absolute Gasteiger partial charge is 0.0626 e. The van der Waals surface area contributed by atoms with Crippen molar-refractivity contribution in [2.75, 3.05) is 0 Å². The summed E-state index contributed by atoms with van der Waals surface area (Å²) in [5, 5.41) is 18.2. The molecule has 12 aromatic carbocycles. The molecule has 0 N–H and O–H groups in total. The van der Waals surface area contributed by atoms with Gasteiger partial charge < -0.3 is 4.57 Å². The Bertz CT molecular complexity index is 3650. The molecular formula is C56H33N. The Kier molecular flexibility index (Phi) is 6.23. The van der Waals surface area contributed by atoms with Gasteiger partial charge in [0.25, 0.3) is 0 Å². The SMILES string of the molecule is c1ccc(-c2cc(-c3ccccc3)cc(-n3c4ccccc4c4c5cccc6cc(-c7ccc8ccc9cccc%10ccc7c8c9%10)c7cccc(c7c65)c43)c2)cc1. The zero-order valence-electron chi connectivity index (χ0n) is 31.0. The maximum Gasteiger partial charge on any atom is 0.0626 e. The fourth-order valence-electron chi connectivity index (χ4n) is 10.2. The molecule has 0 saturated heterocycles. The summed E-state index contributed by atoms with van der Waals surface area (Å²) in [5.74, 6) is 0. The predicted octanol–water partition coefficient (Wildman–Crippen LogP) is 15.6. The Morgan fingerprint density at radius 1 is 0.263 bits per heavy atom. The van der Waals surface area contributed by atoms with E-state index in [1.807, 2.05) is 0 Å². The van der Waals surface area contributed by atoms with Crippen LogP contribution >= 0.6 is 0 Å². The number of para-hydroxylation sites is 1. The van der Waals surface area contributed by atoms with Gasteiger partial charge in [0.1, 0.15) is 0 Å². The first kappa shape index (κ1) is 30.8. The van der Waals surface area contributed by atoms with Crippen LogP contribution in [0.4, 0.5) is 0 Å². The number of hydrogen-bond acceptors (Lipinski definition) is 0. The highest BCUT2D eigenvalue weighted by atomic mass is 15.0. The fourth-order valence-corrected chi connectivity index (χ4v) is 10.2. The molecular weight excluding hydrogens is 687 g/mol. The van der Waals surface area contributed by atoms with Gasteiger partial charge in [-0.25, -0.2) is 0 Å². The third-order valence-corrected chi connectivity index (χ3v) is 12.6. The van der Waals surface area contributed by atoms with Gasteiger partial charge in [0.2, 0.25) is 0 Å². The third kappa shape index (κ3) is 4.29. The zero-order valence-corrected chi connectivity index (χ0v) is 31.0. The standard InChI is InChI=1S/C56H33N/c1-3-12-34(13-4-1)40-30-41(35-14-5-2-6-15-35)32-42(31-40)57-50-23-8-7-19-46(50)55-47-21-10-18-39-33-49(44-20-11-22-48(56(55)57)54(44)53(39)47)43-28-26-38-25-24-36-16-9-17-37-27-29-45(43)52(38)51(36)37/h1-33H. The molecule has 1 heterocycles. The molecule has 262 valence electrons. The topological polar surface area (TPSA) is 4.93 Å². The van der Waals surface area contributed by atoms with Crippen molar-refractivity contribution in [1.29, 1.82) is 0 Å². The second kappa shape index (κ2) is 11.5. The Hall–Kier alpha value is -7.48. The summed E-state index contributed by atoms with van der Waals surface area (Å²) in [6.45, 7) is 0. The lowest BCUT2D eigenvalue weighted by molar-refractivity contribution is 1.19. The predicted molar refractivity (Wildman–Crippen MR) is 244 cm³/mol. The Morgan fingerprint density at radius 3 is 1.58 bits per heavy atom. The monoisotopic (exact) mass is 719 g/mol. The van der Waals surface area contributed by atoms with E-state index >= 15 is 0 Å². The van der Waals surface area contributed by atoms with Gasteiger partial charge in [0.05, 0.1) is 11.0 Å². The molecule has 1 heteroatoms. The Labute approximate surface area is 328 Å². The number of hydrogen-bond donors (Lipinski definition) is 0. The van der Waals surface area contributed by atoms with Gasteiger partial charge in [-0.3, -0.25) is 0 Å². The lowest BCUT2D eigenvalue weighted by Crippen LogP contribution is -1.97. The quantitative estimate of drug-likeness (QED) is 0.160. The molecule has 0 aliphatic carbocycles. The zero-order chi connectivity index (χ0) is 37.2. The fraction of sp³-hybridized carbons (Fsp3) is 0. The summed E-state index contributed by atoms with van der Waals surface area (Å²) in [7, 11) is 0. The summed E-state index contributed by atoms with van der Waals surface area (Å²) in [4.78, 5) is 0. The molecule has 0 amide bonds. The van der Waals surface area contributed by atoms with Crippen LogP contribution in [0.25, 0.3) is 126 Å². The average molecular weight is 720 g/mol. The second-order valence-corrected chi connectivity index (χ2v) is 15.6. The van der Waals surface area contributed by atoms with Crippen LogP contribution in [-0.2, 0) is 0 Å². The molecule has 0 aliphatic rings. The van der Waals surface area contributed by atoms with E-state index in [4.69, 9.17) is 0 Å². The minimum absolute atomic E-state index is 1.16. The second-order valence-electron chi connectivity index (χ2n) is 15.6. The first-order valence-corrected chi connectivity index (χ1v) is 19.8. The Morgan fingerprint density at radius 2 is 0.807 bits per heavy atom. The van der Waals surface area contributed by atoms with E-state index in [9.17, 15) is 0 Å². The van der Waals surface area contributed by atoms with Crippen molar-refractivity contribution in [2.45, 2.75) is 0 Å². The summed E-state index contributed by atoms with van der Waals surface area (Å²) >= 11 is 0. The van der Waals surface area contributed by atoms with E-state index in [0.29, 0.717) is 0 Å². The van der Waals surface area contributed by atoms with Crippen LogP contribution < -0.4 is 0 Å². The summed E-state index contributed by atoms with van der Waals surface area (Å²) < 4.78 is 2.54. The van der Waals surface area contributed by atoms with E-state index in [1.54, 1.807) is 0 Å². The van der Waals surface area contributed by atoms with Crippen LogP contribution in [0.1, 0.15) is 0 Å². The molecule has 57 heavy (non-hydrogen) atoms. The summed E-state index contributed by atoms with van der Waals surface area (Å²) in [5.41, 5.74) is 11.0. The van der Waals surface area contributed by atoms with E-state index < -0.39 is 0 Å². The molecule has 0 saturated carbocycles. The van der Waals surface area contributed by atoms with E-state index in [-0.39, 0.29) is 0 Å². The molecule has 1 aromatic heterocycles. The van der Waals surface area contributed by atoms with Crippen molar-refractivity contribution >= 4 is 86.4 Å². The van der Waals surface area contributed by atoms with Crippen molar-refractivity contribution in [3.05, 3.63) is 200 Å². The van der Waals surface area contributed by atoms with E-state index in [0.717, 1.165) is 5.69 Å². The minimum Gasteiger partial charge on any atom is -0.309 e. The Balaban J connectivity index is 1.18. The molecule has 13 aromatic rings. The maximum absolute atomic E-state index is 2.54. The highest BCUT2D eigenvalue weighted by molar-refractivity contribution is 6.39. The molecule has 0 fully saturated rings. The molecule has 0 atom stereocenters. The van der Waals surface area contributed by atoms with Crippen molar-refractivity contribution in [2.24, 2.45) is 0 Å². The molecule has 1 nitrogen and oxygen atoms in total. The van der Waals surface area contributed by atoms with Crippen LogP contribution in [0, 0.1) is 0 Å². The van der Waals surface area contributed by atoms with E-state index in [2.05, 4.69) is 205 Å². The first-order valence-electron chi connectivity index (χ1n) is 19.8. The third-order valence-electron chi connectivity index (χ3n) is 12.6. The van der Waals surface area contributed by atoms with Crippen molar-refractivity contribution in [3.8, 4) is 39.1 Å². The van der Waals surface area contributed by atoms with Gasteiger partial charge in [-0.1, -0.05) is 170 Å². The van der Waals surface area contributed by atoms with Gasteiger partial charge in [0.15, 0.2) is 0 Å². The van der Waals surface area contributed by atoms with Crippen LogP contribution in [0.3, 0.4) is 0 Å². The van der Waals surface area contributed by atoms with Gasteiger partial charge in [-0.05, 0) is 118 Å². The van der Waals surface area contributed by atoms with Gasteiger partial charge >= 0.3 is 0 Å². The molecule has 0 radical (unpaired) electrons. The average Bonchev–Trinajstić information content (AvgIpc) is 3.64. The van der Waals surface area contributed by atoms with Crippen LogP contribution in [-0.4, -0.2) is 4.57 Å². The molecule has 0 unspecified atom stereocenters. The number of nitrogens with zero attached hydrogens (tertiary/aromatic N) is 1. The van der Waals surface area contributed by atoms with Gasteiger partial charge in [-0.2, -0.15) is 0 Å². The van der Waals surface area contributed by atoms with Crippen LogP contribution in [0.15, 0.2) is 200 Å². The number of rotatable bonds is 4. The molecule has 0 spiro atoms. The molecule has 0 aliphatic heterocycles. The van der Waals surface area contributed by atoms with Crippen molar-refractivity contribution in [3.63, 3.8) is 0 Å². The minimum atomic E-state index is 1.16. The number of aromatic nitrogens is 1.